The van der Waals surface area contributed by atoms with E-state index < -0.39 is 0 Å². The van der Waals surface area contributed by atoms with Crippen LogP contribution in [0.3, 0.4) is 0 Å². The summed E-state index contributed by atoms with van der Waals surface area (Å²) in [5, 5.41) is 8.63. The lowest BCUT2D eigenvalue weighted by atomic mass is 10.2. The molecular formula is C8H14ClNOS. The van der Waals surface area contributed by atoms with E-state index in [2.05, 4.69) is 13.0 Å². The molecular weight excluding hydrogens is 194 g/mol. The summed E-state index contributed by atoms with van der Waals surface area (Å²) in [6.07, 6.45) is 0.653. The highest BCUT2D eigenvalue weighted by Crippen LogP contribution is 2.22. The van der Waals surface area contributed by atoms with E-state index in [1.54, 1.807) is 11.3 Å². The normalized spacial score (nSPS) is 12.2. The number of halogens is 1. The van der Waals surface area contributed by atoms with Crippen LogP contribution >= 0.6 is 23.7 Å². The van der Waals surface area contributed by atoms with Gasteiger partial charge in [0.25, 0.3) is 0 Å². The van der Waals surface area contributed by atoms with Crippen molar-refractivity contribution < 1.29 is 5.11 Å². The Labute approximate surface area is 82.8 Å². The number of aliphatic hydroxyl groups excluding tert-OH is 1. The Morgan fingerprint density at radius 1 is 1.58 bits per heavy atom. The number of hydrogen-bond acceptors (Lipinski definition) is 3. The van der Waals surface area contributed by atoms with Crippen LogP contribution in [0.15, 0.2) is 12.1 Å². The topological polar surface area (TPSA) is 46.2 Å². The first kappa shape index (κ1) is 11.9. The summed E-state index contributed by atoms with van der Waals surface area (Å²) in [5.41, 5.74) is 5.77. The van der Waals surface area contributed by atoms with Crippen molar-refractivity contribution in [1.82, 2.24) is 0 Å². The van der Waals surface area contributed by atoms with Gasteiger partial charge in [0.1, 0.15) is 0 Å². The molecule has 0 amide bonds. The fraction of sp³-hybridized carbons (Fsp3) is 0.500. The van der Waals surface area contributed by atoms with E-state index in [9.17, 15) is 0 Å². The van der Waals surface area contributed by atoms with Crippen LogP contribution in [0.25, 0.3) is 0 Å². The molecule has 1 aromatic heterocycles. The van der Waals surface area contributed by atoms with E-state index in [0.29, 0.717) is 6.42 Å². The maximum absolute atomic E-state index is 8.63. The van der Waals surface area contributed by atoms with Gasteiger partial charge in [-0.05, 0) is 25.5 Å². The lowest BCUT2D eigenvalue weighted by molar-refractivity contribution is 0.277. The van der Waals surface area contributed by atoms with Crippen molar-refractivity contribution in [3.05, 3.63) is 21.9 Å². The number of hydrogen-bond donors (Lipinski definition) is 2. The van der Waals surface area contributed by atoms with Crippen molar-refractivity contribution in [2.24, 2.45) is 5.73 Å². The summed E-state index contributed by atoms with van der Waals surface area (Å²) in [7, 11) is 0. The summed E-state index contributed by atoms with van der Waals surface area (Å²) < 4.78 is 0. The molecule has 1 atom stereocenters. The van der Waals surface area contributed by atoms with Gasteiger partial charge >= 0.3 is 0 Å². The van der Waals surface area contributed by atoms with Crippen molar-refractivity contribution in [1.29, 1.82) is 0 Å². The van der Waals surface area contributed by atoms with Crippen LogP contribution in [0.4, 0.5) is 0 Å². The van der Waals surface area contributed by atoms with E-state index in [1.165, 1.54) is 4.88 Å². The zero-order valence-corrected chi connectivity index (χ0v) is 8.62. The van der Waals surface area contributed by atoms with Gasteiger partial charge in [0, 0.05) is 22.4 Å². The first-order chi connectivity index (χ1) is 5.24. The third-order valence-electron chi connectivity index (χ3n) is 1.57. The lowest BCUT2D eigenvalue weighted by Crippen LogP contribution is -2.09. The van der Waals surface area contributed by atoms with Crippen LogP contribution in [0, 0.1) is 6.92 Å². The second kappa shape index (κ2) is 5.54. The van der Waals surface area contributed by atoms with Gasteiger partial charge in [0.15, 0.2) is 0 Å². The maximum atomic E-state index is 8.63. The number of aryl methyl sites for hydroxylation is 1. The Morgan fingerprint density at radius 2 is 2.25 bits per heavy atom. The summed E-state index contributed by atoms with van der Waals surface area (Å²) in [6.45, 7) is 2.22. The highest BCUT2D eigenvalue weighted by molar-refractivity contribution is 7.12. The zero-order valence-electron chi connectivity index (χ0n) is 6.99. The molecule has 70 valence electrons. The highest BCUT2D eigenvalue weighted by atomic mass is 35.5. The number of rotatable bonds is 3. The molecule has 0 spiro atoms. The molecule has 4 heteroatoms. The van der Waals surface area contributed by atoms with Crippen LogP contribution in [0.5, 0.6) is 0 Å². The molecule has 3 N–H and O–H groups in total. The van der Waals surface area contributed by atoms with E-state index in [0.717, 1.165) is 4.88 Å². The van der Waals surface area contributed by atoms with Gasteiger partial charge in [-0.25, -0.2) is 0 Å². The lowest BCUT2D eigenvalue weighted by Gasteiger charge is -2.05. The van der Waals surface area contributed by atoms with E-state index in [1.807, 2.05) is 6.07 Å². The minimum absolute atomic E-state index is 0. The first-order valence-electron chi connectivity index (χ1n) is 3.67. The van der Waals surface area contributed by atoms with Gasteiger partial charge in [-0.3, -0.25) is 0 Å². The van der Waals surface area contributed by atoms with Gasteiger partial charge in [-0.1, -0.05) is 0 Å². The molecule has 0 aliphatic heterocycles. The summed E-state index contributed by atoms with van der Waals surface area (Å²) in [6, 6.07) is 4.09. The third-order valence-corrected chi connectivity index (χ3v) is 2.70. The molecule has 2 nitrogen and oxygen atoms in total. The average molecular weight is 208 g/mol. The summed E-state index contributed by atoms with van der Waals surface area (Å²) >= 11 is 1.70. The van der Waals surface area contributed by atoms with Crippen LogP contribution in [0.2, 0.25) is 0 Å². The van der Waals surface area contributed by atoms with Crippen LogP contribution in [-0.4, -0.2) is 11.7 Å². The molecule has 0 aliphatic rings. The SMILES string of the molecule is Cc1ccc(C(N)CCO)s1.Cl. The smallest absolute Gasteiger partial charge is 0.0449 e. The van der Waals surface area contributed by atoms with Gasteiger partial charge in [-0.15, -0.1) is 23.7 Å². The molecule has 0 fully saturated rings. The number of thiophene rings is 1. The van der Waals surface area contributed by atoms with E-state index in [-0.39, 0.29) is 25.1 Å². The van der Waals surface area contributed by atoms with Crippen LogP contribution in [-0.2, 0) is 0 Å². The zero-order chi connectivity index (χ0) is 8.27. The Morgan fingerprint density at radius 3 is 2.67 bits per heavy atom. The van der Waals surface area contributed by atoms with E-state index in [4.69, 9.17) is 10.8 Å². The minimum atomic E-state index is 0. The van der Waals surface area contributed by atoms with Crippen molar-refractivity contribution in [3.63, 3.8) is 0 Å². The molecule has 0 aliphatic carbocycles. The molecule has 0 bridgehead atoms. The molecule has 1 rings (SSSR count). The maximum Gasteiger partial charge on any atom is 0.0449 e. The van der Waals surface area contributed by atoms with Gasteiger partial charge < -0.3 is 10.8 Å². The summed E-state index contributed by atoms with van der Waals surface area (Å²) in [4.78, 5) is 2.44. The predicted octanol–water partition coefficient (Wildman–Crippen LogP) is 1.86. The Hall–Kier alpha value is -0.0900. The molecule has 0 saturated carbocycles. The summed E-state index contributed by atoms with van der Waals surface area (Å²) in [5.74, 6) is 0. The second-order valence-electron chi connectivity index (χ2n) is 2.57. The fourth-order valence-electron chi connectivity index (χ4n) is 0.934. The quantitative estimate of drug-likeness (QED) is 0.795. The van der Waals surface area contributed by atoms with Gasteiger partial charge in [0.05, 0.1) is 0 Å². The van der Waals surface area contributed by atoms with Gasteiger partial charge in [-0.2, -0.15) is 0 Å². The minimum Gasteiger partial charge on any atom is -0.396 e. The first-order valence-corrected chi connectivity index (χ1v) is 4.48. The Bertz CT molecular complexity index is 227. The van der Waals surface area contributed by atoms with Crippen molar-refractivity contribution in [2.75, 3.05) is 6.61 Å². The standard InChI is InChI=1S/C8H13NOS.ClH/c1-6-2-3-8(11-6)7(9)4-5-10;/h2-3,7,10H,4-5,9H2,1H3;1H. The molecule has 0 aromatic carbocycles. The van der Waals surface area contributed by atoms with Crippen molar-refractivity contribution >= 4 is 23.7 Å². The Kier molecular flexibility index (Phi) is 5.50. The number of aliphatic hydroxyl groups is 1. The van der Waals surface area contributed by atoms with Crippen molar-refractivity contribution in [2.45, 2.75) is 19.4 Å². The molecule has 1 unspecified atom stereocenters. The largest absolute Gasteiger partial charge is 0.396 e. The molecule has 1 aromatic rings. The van der Waals surface area contributed by atoms with E-state index >= 15 is 0 Å². The van der Waals surface area contributed by atoms with Gasteiger partial charge in [0.2, 0.25) is 0 Å². The third kappa shape index (κ3) is 3.11. The Balaban J connectivity index is 0.00000121. The molecule has 0 saturated heterocycles. The number of nitrogens with two attached hydrogens (primary N) is 1. The van der Waals surface area contributed by atoms with Crippen LogP contribution < -0.4 is 5.73 Å². The highest BCUT2D eigenvalue weighted by Gasteiger charge is 2.06. The second-order valence-corrected chi connectivity index (χ2v) is 3.89. The molecule has 1 heterocycles. The predicted molar refractivity (Wildman–Crippen MR) is 54.9 cm³/mol. The fourth-order valence-corrected chi connectivity index (χ4v) is 1.85. The average Bonchev–Trinajstić information content (AvgIpc) is 2.36. The van der Waals surface area contributed by atoms with Crippen LogP contribution in [0.1, 0.15) is 22.2 Å². The molecule has 0 radical (unpaired) electrons. The van der Waals surface area contributed by atoms with Crippen molar-refractivity contribution in [3.8, 4) is 0 Å². The monoisotopic (exact) mass is 207 g/mol. The molecule has 12 heavy (non-hydrogen) atoms.